The summed E-state index contributed by atoms with van der Waals surface area (Å²) in [6.45, 7) is 0.525. The zero-order valence-corrected chi connectivity index (χ0v) is 12.8. The molecule has 0 bridgehead atoms. The average Bonchev–Trinajstić information content (AvgIpc) is 3.09. The van der Waals surface area contributed by atoms with Crippen LogP contribution in [0.15, 0.2) is 45.6 Å². The SMILES string of the molecule is Ic1ccccc1NCc1nc(-c2ccsc2)no1. The molecule has 1 N–H and O–H groups in total. The number of nitrogens with one attached hydrogen (secondary N) is 1. The summed E-state index contributed by atoms with van der Waals surface area (Å²) in [6, 6.07) is 10.1. The first kappa shape index (κ1) is 12.6. The van der Waals surface area contributed by atoms with Crippen LogP contribution >= 0.6 is 33.9 Å². The number of aromatic nitrogens is 2. The summed E-state index contributed by atoms with van der Waals surface area (Å²) < 4.78 is 6.39. The van der Waals surface area contributed by atoms with E-state index in [2.05, 4.69) is 38.0 Å². The van der Waals surface area contributed by atoms with Crippen LogP contribution in [-0.4, -0.2) is 10.1 Å². The maximum atomic E-state index is 5.23. The van der Waals surface area contributed by atoms with Crippen LogP contribution in [-0.2, 0) is 6.54 Å². The molecule has 3 rings (SSSR count). The van der Waals surface area contributed by atoms with Gasteiger partial charge in [-0.25, -0.2) is 0 Å². The Kier molecular flexibility index (Phi) is 3.79. The molecule has 1 aromatic carbocycles. The van der Waals surface area contributed by atoms with Gasteiger partial charge in [-0.15, -0.1) is 0 Å². The van der Waals surface area contributed by atoms with E-state index >= 15 is 0 Å². The van der Waals surface area contributed by atoms with Crippen molar-refractivity contribution in [3.05, 3.63) is 50.6 Å². The van der Waals surface area contributed by atoms with Gasteiger partial charge in [-0.1, -0.05) is 17.3 Å². The highest BCUT2D eigenvalue weighted by atomic mass is 127. The van der Waals surface area contributed by atoms with Crippen molar-refractivity contribution in [1.29, 1.82) is 0 Å². The first-order valence-corrected chi connectivity index (χ1v) is 7.68. The normalized spacial score (nSPS) is 10.6. The first-order chi connectivity index (χ1) is 9.33. The van der Waals surface area contributed by atoms with E-state index in [0.717, 1.165) is 14.8 Å². The summed E-state index contributed by atoms with van der Waals surface area (Å²) in [4.78, 5) is 4.36. The fraction of sp³-hybridized carbons (Fsp3) is 0.0769. The van der Waals surface area contributed by atoms with Crippen LogP contribution in [0, 0.1) is 3.57 Å². The maximum Gasteiger partial charge on any atom is 0.246 e. The lowest BCUT2D eigenvalue weighted by molar-refractivity contribution is 0.384. The number of anilines is 1. The highest BCUT2D eigenvalue weighted by molar-refractivity contribution is 14.1. The van der Waals surface area contributed by atoms with Gasteiger partial charge in [0.1, 0.15) is 0 Å². The van der Waals surface area contributed by atoms with Gasteiger partial charge in [-0.3, -0.25) is 0 Å². The standard InChI is InChI=1S/C13H10IN3OS/c14-10-3-1-2-4-11(10)15-7-12-16-13(17-18-12)9-5-6-19-8-9/h1-6,8,15H,7H2. The third kappa shape index (κ3) is 2.95. The van der Waals surface area contributed by atoms with E-state index in [0.29, 0.717) is 18.3 Å². The van der Waals surface area contributed by atoms with Crippen molar-refractivity contribution in [1.82, 2.24) is 10.1 Å². The fourth-order valence-electron chi connectivity index (χ4n) is 1.61. The van der Waals surface area contributed by atoms with Crippen LogP contribution < -0.4 is 5.32 Å². The maximum absolute atomic E-state index is 5.23. The van der Waals surface area contributed by atoms with Crippen molar-refractivity contribution in [3.8, 4) is 11.4 Å². The van der Waals surface area contributed by atoms with Crippen molar-refractivity contribution < 1.29 is 4.52 Å². The van der Waals surface area contributed by atoms with Gasteiger partial charge in [-0.2, -0.15) is 16.3 Å². The Hall–Kier alpha value is -1.41. The molecular weight excluding hydrogens is 373 g/mol. The van der Waals surface area contributed by atoms with Gasteiger partial charge in [0.15, 0.2) is 0 Å². The van der Waals surface area contributed by atoms with E-state index in [-0.39, 0.29) is 0 Å². The van der Waals surface area contributed by atoms with Crippen LogP contribution in [0.1, 0.15) is 5.89 Å². The minimum absolute atomic E-state index is 0.525. The molecule has 0 saturated heterocycles. The Morgan fingerprint density at radius 2 is 2.16 bits per heavy atom. The Morgan fingerprint density at radius 1 is 1.26 bits per heavy atom. The van der Waals surface area contributed by atoms with E-state index in [4.69, 9.17) is 4.52 Å². The van der Waals surface area contributed by atoms with Gasteiger partial charge in [0.25, 0.3) is 0 Å². The molecule has 0 spiro atoms. The second-order valence-electron chi connectivity index (χ2n) is 3.86. The molecule has 3 aromatic rings. The molecule has 0 saturated carbocycles. The molecule has 2 aromatic heterocycles. The second kappa shape index (κ2) is 5.70. The van der Waals surface area contributed by atoms with Crippen LogP contribution in [0.5, 0.6) is 0 Å². The van der Waals surface area contributed by atoms with Gasteiger partial charge in [0.2, 0.25) is 11.7 Å². The summed E-state index contributed by atoms with van der Waals surface area (Å²) >= 11 is 3.91. The molecule has 0 atom stereocenters. The number of nitrogens with zero attached hydrogens (tertiary/aromatic N) is 2. The molecule has 2 heterocycles. The number of hydrogen-bond donors (Lipinski definition) is 1. The highest BCUT2D eigenvalue weighted by Gasteiger charge is 2.08. The highest BCUT2D eigenvalue weighted by Crippen LogP contribution is 2.20. The van der Waals surface area contributed by atoms with E-state index in [1.165, 1.54) is 0 Å². The lowest BCUT2D eigenvalue weighted by Gasteiger charge is -2.04. The van der Waals surface area contributed by atoms with Crippen LogP contribution in [0.3, 0.4) is 0 Å². The van der Waals surface area contributed by atoms with Crippen molar-refractivity contribution in [2.45, 2.75) is 6.54 Å². The van der Waals surface area contributed by atoms with E-state index in [1.807, 2.05) is 41.1 Å². The molecule has 0 aliphatic heterocycles. The molecule has 0 aliphatic carbocycles. The van der Waals surface area contributed by atoms with Crippen molar-refractivity contribution in [2.75, 3.05) is 5.32 Å². The molecule has 0 amide bonds. The number of para-hydroxylation sites is 1. The summed E-state index contributed by atoms with van der Waals surface area (Å²) in [7, 11) is 0. The van der Waals surface area contributed by atoms with Crippen molar-refractivity contribution in [2.24, 2.45) is 0 Å². The van der Waals surface area contributed by atoms with Crippen LogP contribution in [0.4, 0.5) is 5.69 Å². The van der Waals surface area contributed by atoms with Crippen molar-refractivity contribution in [3.63, 3.8) is 0 Å². The smallest absolute Gasteiger partial charge is 0.246 e. The summed E-state index contributed by atoms with van der Waals surface area (Å²) in [5.41, 5.74) is 2.06. The van der Waals surface area contributed by atoms with Gasteiger partial charge in [0, 0.05) is 20.2 Å². The number of rotatable bonds is 4. The third-order valence-corrected chi connectivity index (χ3v) is 4.18. The molecule has 0 fully saturated rings. The molecule has 19 heavy (non-hydrogen) atoms. The quantitative estimate of drug-likeness (QED) is 0.692. The van der Waals surface area contributed by atoms with Gasteiger partial charge >= 0.3 is 0 Å². The Labute approximate surface area is 128 Å². The lowest BCUT2D eigenvalue weighted by Crippen LogP contribution is -2.01. The first-order valence-electron chi connectivity index (χ1n) is 5.66. The molecule has 4 nitrogen and oxygen atoms in total. The lowest BCUT2D eigenvalue weighted by atomic mass is 10.3. The predicted octanol–water partition coefficient (Wildman–Crippen LogP) is 4.01. The summed E-state index contributed by atoms with van der Waals surface area (Å²) in [6.07, 6.45) is 0. The number of benzene rings is 1. The van der Waals surface area contributed by atoms with Gasteiger partial charge < -0.3 is 9.84 Å². The molecule has 96 valence electrons. The summed E-state index contributed by atoms with van der Waals surface area (Å²) in [5, 5.41) is 11.3. The molecule has 0 aliphatic rings. The second-order valence-corrected chi connectivity index (χ2v) is 5.80. The Balaban J connectivity index is 1.70. The Morgan fingerprint density at radius 3 is 2.95 bits per heavy atom. The minimum Gasteiger partial charge on any atom is -0.375 e. The number of hydrogen-bond acceptors (Lipinski definition) is 5. The Bertz CT molecular complexity index is 666. The van der Waals surface area contributed by atoms with Gasteiger partial charge in [-0.05, 0) is 46.2 Å². The fourth-order valence-corrected chi connectivity index (χ4v) is 2.82. The topological polar surface area (TPSA) is 51.0 Å². The van der Waals surface area contributed by atoms with Crippen molar-refractivity contribution >= 4 is 39.6 Å². The zero-order valence-electron chi connectivity index (χ0n) is 9.84. The van der Waals surface area contributed by atoms with E-state index in [9.17, 15) is 0 Å². The number of halogens is 1. The van der Waals surface area contributed by atoms with E-state index < -0.39 is 0 Å². The summed E-state index contributed by atoms with van der Waals surface area (Å²) in [5.74, 6) is 1.22. The predicted molar refractivity (Wildman–Crippen MR) is 84.1 cm³/mol. The molecule has 6 heteroatoms. The van der Waals surface area contributed by atoms with Crippen LogP contribution in [0.25, 0.3) is 11.4 Å². The molecule has 0 radical (unpaired) electrons. The largest absolute Gasteiger partial charge is 0.375 e. The average molecular weight is 383 g/mol. The molecular formula is C13H10IN3OS. The minimum atomic E-state index is 0.525. The van der Waals surface area contributed by atoms with Gasteiger partial charge in [0.05, 0.1) is 6.54 Å². The van der Waals surface area contributed by atoms with Crippen LogP contribution in [0.2, 0.25) is 0 Å². The zero-order chi connectivity index (χ0) is 13.1. The number of thiophene rings is 1. The van der Waals surface area contributed by atoms with E-state index in [1.54, 1.807) is 11.3 Å². The monoisotopic (exact) mass is 383 g/mol. The molecule has 0 unspecified atom stereocenters. The third-order valence-electron chi connectivity index (χ3n) is 2.55.